The summed E-state index contributed by atoms with van der Waals surface area (Å²) >= 11 is 7.55. The summed E-state index contributed by atoms with van der Waals surface area (Å²) in [5.74, 6) is -0.410. The van der Waals surface area contributed by atoms with E-state index in [2.05, 4.69) is 17.7 Å². The van der Waals surface area contributed by atoms with E-state index in [4.69, 9.17) is 11.6 Å². The van der Waals surface area contributed by atoms with Crippen LogP contribution in [0.4, 0.5) is 4.79 Å². The zero-order valence-electron chi connectivity index (χ0n) is 14.2. The van der Waals surface area contributed by atoms with Crippen LogP contribution in [0.1, 0.15) is 42.3 Å². The Balaban J connectivity index is 1.56. The van der Waals surface area contributed by atoms with Crippen LogP contribution in [0.2, 0.25) is 5.02 Å². The van der Waals surface area contributed by atoms with E-state index in [0.717, 1.165) is 27.9 Å². The monoisotopic (exact) mass is 391 g/mol. The van der Waals surface area contributed by atoms with Gasteiger partial charge in [-0.3, -0.25) is 15.0 Å². The van der Waals surface area contributed by atoms with Gasteiger partial charge in [-0.25, -0.2) is 4.79 Å². The second-order valence-corrected chi connectivity index (χ2v) is 8.45. The molecule has 0 bridgehead atoms. The lowest BCUT2D eigenvalue weighted by Gasteiger charge is -2.33. The van der Waals surface area contributed by atoms with E-state index >= 15 is 0 Å². The highest BCUT2D eigenvalue weighted by Crippen LogP contribution is 2.37. The lowest BCUT2D eigenvalue weighted by molar-refractivity contribution is -0.134. The van der Waals surface area contributed by atoms with E-state index < -0.39 is 17.5 Å². The number of amides is 4. The number of thiophene rings is 1. The van der Waals surface area contributed by atoms with Crippen LogP contribution in [0.5, 0.6) is 0 Å². The molecule has 1 aliphatic carbocycles. The highest BCUT2D eigenvalue weighted by atomic mass is 35.5. The Morgan fingerprint density at radius 1 is 1.31 bits per heavy atom. The summed E-state index contributed by atoms with van der Waals surface area (Å²) in [5, 5.41) is 4.69. The first kappa shape index (κ1) is 17.3. The Morgan fingerprint density at radius 2 is 2.00 bits per heavy atom. The molecule has 1 aromatic carbocycles. The Labute approximate surface area is 159 Å². The molecule has 0 unspecified atom stereocenters. The minimum absolute atomic E-state index is 0.284. The summed E-state index contributed by atoms with van der Waals surface area (Å²) in [6.07, 6.45) is 2.93. The molecule has 1 spiro atoms. The molecule has 1 saturated heterocycles. The first-order valence-electron chi connectivity index (χ1n) is 8.56. The van der Waals surface area contributed by atoms with Gasteiger partial charge in [0.1, 0.15) is 10.4 Å². The van der Waals surface area contributed by atoms with Crippen molar-refractivity contribution in [3.63, 3.8) is 0 Å². The number of hydrogen-bond donors (Lipinski definition) is 2. The first-order chi connectivity index (χ1) is 12.4. The van der Waals surface area contributed by atoms with E-state index in [9.17, 15) is 14.4 Å². The van der Waals surface area contributed by atoms with Crippen LogP contribution in [0.25, 0.3) is 10.1 Å². The second-order valence-electron chi connectivity index (χ2n) is 7.02. The molecule has 0 atom stereocenters. The summed E-state index contributed by atoms with van der Waals surface area (Å²) in [4.78, 5) is 38.1. The lowest BCUT2D eigenvalue weighted by atomic mass is 9.77. The zero-order chi connectivity index (χ0) is 18.5. The predicted molar refractivity (Wildman–Crippen MR) is 100 cm³/mol. The van der Waals surface area contributed by atoms with Gasteiger partial charge in [-0.15, -0.1) is 11.3 Å². The maximum atomic E-state index is 12.8. The average molecular weight is 392 g/mol. The quantitative estimate of drug-likeness (QED) is 0.766. The molecule has 4 rings (SSSR count). The maximum Gasteiger partial charge on any atom is 0.344 e. The molecule has 2 aliphatic rings. The number of halogens is 1. The molecule has 2 aromatic rings. The van der Waals surface area contributed by atoms with Gasteiger partial charge in [0.15, 0.2) is 0 Å². The minimum atomic E-state index is -0.888. The molecule has 2 N–H and O–H groups in total. The van der Waals surface area contributed by atoms with Gasteiger partial charge in [0.25, 0.3) is 11.8 Å². The maximum absolute atomic E-state index is 12.8. The van der Waals surface area contributed by atoms with Gasteiger partial charge >= 0.3 is 6.03 Å². The van der Waals surface area contributed by atoms with Gasteiger partial charge in [0.2, 0.25) is 0 Å². The Hall–Kier alpha value is -2.12. The van der Waals surface area contributed by atoms with Gasteiger partial charge in [-0.1, -0.05) is 36.7 Å². The smallest absolute Gasteiger partial charge is 0.322 e. The number of carbonyl (C=O) groups is 3. The molecule has 1 aromatic heterocycles. The summed E-state index contributed by atoms with van der Waals surface area (Å²) in [6, 6.07) is 6.82. The van der Waals surface area contributed by atoms with E-state index in [1.807, 2.05) is 24.3 Å². The predicted octanol–water partition coefficient (Wildman–Crippen LogP) is 3.70. The van der Waals surface area contributed by atoms with Crippen LogP contribution < -0.4 is 10.7 Å². The number of nitrogens with one attached hydrogen (secondary N) is 2. The second kappa shape index (κ2) is 6.25. The molecular formula is C18H18ClN3O3S. The zero-order valence-corrected chi connectivity index (χ0v) is 15.7. The molecule has 2 fully saturated rings. The molecule has 1 saturated carbocycles. The Bertz CT molecular complexity index is 918. The summed E-state index contributed by atoms with van der Waals surface area (Å²) in [6.45, 7) is 2.14. The minimum Gasteiger partial charge on any atom is -0.322 e. The molecular weight excluding hydrogens is 374 g/mol. The van der Waals surface area contributed by atoms with Crippen molar-refractivity contribution in [3.05, 3.63) is 34.2 Å². The average Bonchev–Trinajstić information content (AvgIpc) is 3.08. The largest absolute Gasteiger partial charge is 0.344 e. The highest BCUT2D eigenvalue weighted by Gasteiger charge is 2.53. The number of fused-ring (bicyclic) bond motifs is 1. The van der Waals surface area contributed by atoms with E-state index in [-0.39, 0.29) is 10.8 Å². The van der Waals surface area contributed by atoms with Crippen molar-refractivity contribution in [2.75, 3.05) is 0 Å². The first-order valence-corrected chi connectivity index (χ1v) is 9.75. The van der Waals surface area contributed by atoms with Crippen molar-refractivity contribution in [1.82, 2.24) is 15.8 Å². The van der Waals surface area contributed by atoms with Gasteiger partial charge < -0.3 is 5.32 Å². The van der Waals surface area contributed by atoms with Gasteiger partial charge in [0, 0.05) is 10.1 Å². The van der Waals surface area contributed by atoms with Crippen molar-refractivity contribution in [3.8, 4) is 0 Å². The van der Waals surface area contributed by atoms with E-state index in [1.54, 1.807) is 0 Å². The third kappa shape index (κ3) is 2.66. The van der Waals surface area contributed by atoms with Crippen molar-refractivity contribution in [2.24, 2.45) is 5.92 Å². The van der Waals surface area contributed by atoms with Gasteiger partial charge in [0.05, 0.1) is 5.02 Å². The SMILES string of the molecule is CC1CCC2(CC1)NC(=O)N(NC(=O)c1sc3ccccc3c1Cl)C2=O. The fraction of sp³-hybridized carbons (Fsp3) is 0.389. The third-order valence-electron chi connectivity index (χ3n) is 5.24. The van der Waals surface area contributed by atoms with Crippen LogP contribution in [0.15, 0.2) is 24.3 Å². The molecule has 1 aliphatic heterocycles. The van der Waals surface area contributed by atoms with Crippen molar-refractivity contribution >= 4 is 50.9 Å². The lowest BCUT2D eigenvalue weighted by Crippen LogP contribution is -2.51. The fourth-order valence-corrected chi connectivity index (χ4v) is 5.03. The van der Waals surface area contributed by atoms with E-state index in [0.29, 0.717) is 23.8 Å². The van der Waals surface area contributed by atoms with Crippen LogP contribution in [0, 0.1) is 5.92 Å². The summed E-state index contributed by atoms with van der Waals surface area (Å²) in [7, 11) is 0. The van der Waals surface area contributed by atoms with Crippen molar-refractivity contribution < 1.29 is 14.4 Å². The number of benzene rings is 1. The number of urea groups is 1. The number of hydrogen-bond acceptors (Lipinski definition) is 4. The third-order valence-corrected chi connectivity index (χ3v) is 6.92. The molecule has 8 heteroatoms. The molecule has 0 radical (unpaired) electrons. The topological polar surface area (TPSA) is 78.5 Å². The Kier molecular flexibility index (Phi) is 4.16. The number of rotatable bonds is 2. The van der Waals surface area contributed by atoms with Crippen molar-refractivity contribution in [1.29, 1.82) is 0 Å². The summed E-state index contributed by atoms with van der Waals surface area (Å²) in [5.41, 5.74) is 1.55. The highest BCUT2D eigenvalue weighted by molar-refractivity contribution is 7.21. The number of carbonyl (C=O) groups excluding carboxylic acids is 3. The number of nitrogens with zero attached hydrogens (tertiary/aromatic N) is 1. The van der Waals surface area contributed by atoms with Gasteiger partial charge in [-0.05, 0) is 37.7 Å². The molecule has 6 nitrogen and oxygen atoms in total. The molecule has 4 amide bonds. The van der Waals surface area contributed by atoms with E-state index in [1.165, 1.54) is 11.3 Å². The van der Waals surface area contributed by atoms with Crippen LogP contribution in [0.3, 0.4) is 0 Å². The molecule has 2 heterocycles. The Morgan fingerprint density at radius 3 is 2.69 bits per heavy atom. The number of imide groups is 1. The van der Waals surface area contributed by atoms with Crippen molar-refractivity contribution in [2.45, 2.75) is 38.1 Å². The molecule has 136 valence electrons. The molecule has 26 heavy (non-hydrogen) atoms. The van der Waals surface area contributed by atoms with Crippen LogP contribution in [-0.2, 0) is 4.79 Å². The van der Waals surface area contributed by atoms with Crippen LogP contribution >= 0.6 is 22.9 Å². The van der Waals surface area contributed by atoms with Crippen LogP contribution in [-0.4, -0.2) is 28.4 Å². The number of hydrazine groups is 1. The summed E-state index contributed by atoms with van der Waals surface area (Å²) < 4.78 is 0.873. The standard InChI is InChI=1S/C18H18ClN3O3S/c1-10-6-8-18(9-7-10)16(24)22(17(25)20-18)21-15(23)14-13(19)11-4-2-3-5-12(11)26-14/h2-5,10H,6-9H2,1H3,(H,20,25)(H,21,23). The fourth-order valence-electron chi connectivity index (χ4n) is 3.63. The normalized spacial score (nSPS) is 25.8. The van der Waals surface area contributed by atoms with Gasteiger partial charge in [-0.2, -0.15) is 5.01 Å².